The van der Waals surface area contributed by atoms with E-state index >= 15 is 0 Å². The molecular weight excluding hydrogens is 151 g/mol. The standard InChI is InChI=1S/C4H4F3NS/c5-4(6,7)3-1-2-9-8-3/h1,8H,2H2. The zero-order valence-corrected chi connectivity index (χ0v) is 5.14. The van der Waals surface area contributed by atoms with Gasteiger partial charge in [-0.2, -0.15) is 13.2 Å². The number of allylic oxidation sites excluding steroid dienone is 1. The Morgan fingerprint density at radius 3 is 2.44 bits per heavy atom. The summed E-state index contributed by atoms with van der Waals surface area (Å²) < 4.78 is 37.0. The number of halogens is 3. The smallest absolute Gasteiger partial charge is 0.326 e. The molecule has 0 radical (unpaired) electrons. The average Bonchev–Trinajstić information content (AvgIpc) is 2.08. The SMILES string of the molecule is FC(F)(F)C1=CCSN1. The molecule has 1 N–H and O–H groups in total. The molecule has 0 aromatic rings. The van der Waals surface area contributed by atoms with Gasteiger partial charge in [0.15, 0.2) is 0 Å². The largest absolute Gasteiger partial charge is 0.431 e. The molecule has 0 fully saturated rings. The van der Waals surface area contributed by atoms with Crippen LogP contribution in [0.25, 0.3) is 0 Å². The van der Waals surface area contributed by atoms with Gasteiger partial charge >= 0.3 is 6.18 Å². The molecule has 0 saturated heterocycles. The van der Waals surface area contributed by atoms with Crippen molar-refractivity contribution in [3.05, 3.63) is 11.8 Å². The summed E-state index contributed by atoms with van der Waals surface area (Å²) in [6.45, 7) is 0. The zero-order chi connectivity index (χ0) is 6.91. The van der Waals surface area contributed by atoms with Gasteiger partial charge in [-0.3, -0.25) is 0 Å². The Morgan fingerprint density at radius 2 is 2.22 bits per heavy atom. The summed E-state index contributed by atoms with van der Waals surface area (Å²) in [5.74, 6) is 0.398. The molecule has 0 unspecified atom stereocenters. The van der Waals surface area contributed by atoms with Crippen molar-refractivity contribution in [1.29, 1.82) is 0 Å². The monoisotopic (exact) mass is 155 g/mol. The lowest BCUT2D eigenvalue weighted by Crippen LogP contribution is -2.18. The number of hydrogen-bond donors (Lipinski definition) is 1. The van der Waals surface area contributed by atoms with Crippen molar-refractivity contribution >= 4 is 11.9 Å². The Hall–Kier alpha value is -0.320. The maximum atomic E-state index is 11.6. The van der Waals surface area contributed by atoms with E-state index in [4.69, 9.17) is 0 Å². The lowest BCUT2D eigenvalue weighted by atomic mass is 10.4. The van der Waals surface area contributed by atoms with Crippen LogP contribution in [0.1, 0.15) is 0 Å². The second-order valence-corrected chi connectivity index (χ2v) is 2.35. The van der Waals surface area contributed by atoms with Crippen molar-refractivity contribution in [2.75, 3.05) is 5.75 Å². The van der Waals surface area contributed by atoms with E-state index in [1.165, 1.54) is 0 Å². The molecule has 0 amide bonds. The molecule has 1 nitrogen and oxygen atoms in total. The van der Waals surface area contributed by atoms with Crippen LogP contribution >= 0.6 is 11.9 Å². The van der Waals surface area contributed by atoms with Gasteiger partial charge in [0.2, 0.25) is 0 Å². The second kappa shape index (κ2) is 2.13. The van der Waals surface area contributed by atoms with Crippen molar-refractivity contribution in [2.45, 2.75) is 6.18 Å². The number of nitrogens with one attached hydrogen (secondary N) is 1. The molecule has 0 saturated carbocycles. The highest BCUT2D eigenvalue weighted by atomic mass is 32.2. The highest BCUT2D eigenvalue weighted by molar-refractivity contribution is 7.97. The Bertz CT molecular complexity index is 139. The summed E-state index contributed by atoms with van der Waals surface area (Å²) in [5.41, 5.74) is -0.632. The Kier molecular flexibility index (Phi) is 1.61. The molecule has 1 aliphatic rings. The molecule has 0 aliphatic carbocycles. The summed E-state index contributed by atoms with van der Waals surface area (Å²) in [6.07, 6.45) is -3.06. The van der Waals surface area contributed by atoms with Crippen molar-refractivity contribution < 1.29 is 13.2 Å². The highest BCUT2D eigenvalue weighted by Gasteiger charge is 2.35. The minimum atomic E-state index is -4.19. The molecule has 5 heteroatoms. The van der Waals surface area contributed by atoms with Gasteiger partial charge in [0.1, 0.15) is 5.70 Å². The second-order valence-electron chi connectivity index (χ2n) is 1.53. The third-order valence-electron chi connectivity index (χ3n) is 0.858. The molecule has 0 spiro atoms. The first-order valence-corrected chi connectivity index (χ1v) is 3.24. The van der Waals surface area contributed by atoms with Crippen molar-refractivity contribution in [3.63, 3.8) is 0 Å². The summed E-state index contributed by atoms with van der Waals surface area (Å²) >= 11 is 1.05. The summed E-state index contributed by atoms with van der Waals surface area (Å²) in [7, 11) is 0. The van der Waals surface area contributed by atoms with Gasteiger partial charge in [-0.25, -0.2) is 0 Å². The maximum absolute atomic E-state index is 11.6. The molecule has 0 aromatic carbocycles. The van der Waals surface area contributed by atoms with Crippen molar-refractivity contribution in [3.8, 4) is 0 Å². The predicted octanol–water partition coefficient (Wildman–Crippen LogP) is 1.68. The fraction of sp³-hybridized carbons (Fsp3) is 0.500. The Balaban J connectivity index is 2.61. The van der Waals surface area contributed by atoms with Gasteiger partial charge in [0, 0.05) is 5.75 Å². The van der Waals surface area contributed by atoms with E-state index in [0.29, 0.717) is 5.75 Å². The summed E-state index contributed by atoms with van der Waals surface area (Å²) in [6, 6.07) is 0. The first-order valence-electron chi connectivity index (χ1n) is 2.26. The molecule has 1 aliphatic heterocycles. The van der Waals surface area contributed by atoms with E-state index in [2.05, 4.69) is 4.72 Å². The van der Waals surface area contributed by atoms with Crippen molar-refractivity contribution in [1.82, 2.24) is 4.72 Å². The maximum Gasteiger partial charge on any atom is 0.431 e. The number of alkyl halides is 3. The van der Waals surface area contributed by atoms with Crippen LogP contribution in [-0.2, 0) is 0 Å². The molecule has 52 valence electrons. The van der Waals surface area contributed by atoms with E-state index in [0.717, 1.165) is 18.0 Å². The van der Waals surface area contributed by atoms with Gasteiger partial charge in [-0.15, -0.1) is 0 Å². The molecule has 0 bridgehead atoms. The van der Waals surface area contributed by atoms with Crippen LogP contribution in [0.15, 0.2) is 11.8 Å². The quantitative estimate of drug-likeness (QED) is 0.534. The molecule has 0 aromatic heterocycles. The van der Waals surface area contributed by atoms with Gasteiger partial charge < -0.3 is 4.72 Å². The van der Waals surface area contributed by atoms with E-state index in [1.54, 1.807) is 0 Å². The lowest BCUT2D eigenvalue weighted by Gasteiger charge is -2.05. The van der Waals surface area contributed by atoms with E-state index in [-0.39, 0.29) is 0 Å². The van der Waals surface area contributed by atoms with Crippen LogP contribution in [0, 0.1) is 0 Å². The van der Waals surface area contributed by atoms with E-state index in [9.17, 15) is 13.2 Å². The predicted molar refractivity (Wildman–Crippen MR) is 29.7 cm³/mol. The minimum Gasteiger partial charge on any atom is -0.326 e. The molecular formula is C4H4F3NS. The first-order chi connectivity index (χ1) is 4.11. The average molecular weight is 155 g/mol. The molecule has 0 atom stereocenters. The highest BCUT2D eigenvalue weighted by Crippen LogP contribution is 2.28. The van der Waals surface area contributed by atoms with Crippen LogP contribution in [0.5, 0.6) is 0 Å². The Morgan fingerprint density at radius 1 is 1.56 bits per heavy atom. The fourth-order valence-corrected chi connectivity index (χ4v) is 1.15. The van der Waals surface area contributed by atoms with E-state index in [1.807, 2.05) is 0 Å². The van der Waals surface area contributed by atoms with Gasteiger partial charge in [0.25, 0.3) is 0 Å². The summed E-state index contributed by atoms with van der Waals surface area (Å²) in [5, 5.41) is 0. The van der Waals surface area contributed by atoms with Crippen LogP contribution in [0.4, 0.5) is 13.2 Å². The lowest BCUT2D eigenvalue weighted by molar-refractivity contribution is -0.0939. The number of hydrogen-bond acceptors (Lipinski definition) is 2. The van der Waals surface area contributed by atoms with Gasteiger partial charge in [-0.05, 0) is 18.0 Å². The van der Waals surface area contributed by atoms with Crippen molar-refractivity contribution in [2.24, 2.45) is 0 Å². The molecule has 1 rings (SSSR count). The number of rotatable bonds is 0. The van der Waals surface area contributed by atoms with Crippen LogP contribution < -0.4 is 4.72 Å². The Labute approximate surface area is 54.4 Å². The zero-order valence-electron chi connectivity index (χ0n) is 4.33. The third-order valence-corrected chi connectivity index (χ3v) is 1.56. The molecule has 1 heterocycles. The third kappa shape index (κ3) is 1.54. The van der Waals surface area contributed by atoms with Gasteiger partial charge in [-0.1, -0.05) is 0 Å². The fourth-order valence-electron chi connectivity index (χ4n) is 0.460. The van der Waals surface area contributed by atoms with Crippen LogP contribution in [0.2, 0.25) is 0 Å². The minimum absolute atomic E-state index is 0.398. The molecule has 9 heavy (non-hydrogen) atoms. The summed E-state index contributed by atoms with van der Waals surface area (Å²) in [4.78, 5) is 0. The van der Waals surface area contributed by atoms with Crippen LogP contribution in [-0.4, -0.2) is 11.9 Å². The van der Waals surface area contributed by atoms with Crippen LogP contribution in [0.3, 0.4) is 0 Å². The van der Waals surface area contributed by atoms with Gasteiger partial charge in [0.05, 0.1) is 0 Å². The topological polar surface area (TPSA) is 12.0 Å². The van der Waals surface area contributed by atoms with E-state index < -0.39 is 11.9 Å². The first kappa shape index (κ1) is 6.80. The normalized spacial score (nSPS) is 19.2.